The predicted molar refractivity (Wildman–Crippen MR) is 197 cm³/mol. The molecule has 3 N–H and O–H groups in total. The van der Waals surface area contributed by atoms with Crippen LogP contribution >= 0.6 is 7.82 Å². The van der Waals surface area contributed by atoms with Crippen molar-refractivity contribution >= 4 is 25.7 Å². The summed E-state index contributed by atoms with van der Waals surface area (Å²) in [6.07, 6.45) is 32.6. The molecule has 0 rings (SSSR count). The molecule has 0 fully saturated rings. The van der Waals surface area contributed by atoms with Crippen LogP contribution in [0, 0.1) is 0 Å². The number of quaternary nitrogens is 1. The number of allylic oxidation sites excluding steroid dienone is 2. The molecular weight excluding hydrogens is 696 g/mol. The molecule has 0 radical (unpaired) electrons. The maximum absolute atomic E-state index is 12.6. The van der Waals surface area contributed by atoms with Gasteiger partial charge in [0, 0.05) is 12.8 Å². The second-order valence-corrected chi connectivity index (χ2v) is 15.2. The van der Waals surface area contributed by atoms with Crippen LogP contribution in [-0.2, 0) is 37.5 Å². The van der Waals surface area contributed by atoms with Gasteiger partial charge in [0.15, 0.2) is 6.10 Å². The van der Waals surface area contributed by atoms with Crippen LogP contribution in [0.2, 0.25) is 0 Å². The average Bonchev–Trinajstić information content (AvgIpc) is 3.10. The van der Waals surface area contributed by atoms with E-state index in [9.17, 15) is 28.9 Å². The van der Waals surface area contributed by atoms with Crippen molar-refractivity contribution < 1.29 is 82.8 Å². The second-order valence-electron chi connectivity index (χ2n) is 13.8. The Morgan fingerprint density at radius 3 is 1.42 bits per heavy atom. The number of carbonyl (C=O) groups excluding carboxylic acids is 3. The number of carboxylic acid groups (broad SMARTS) is 1. The molecule has 0 spiro atoms. The van der Waals surface area contributed by atoms with Gasteiger partial charge in [0.2, 0.25) is 0 Å². The first-order chi connectivity index (χ1) is 24.6. The molecule has 0 saturated heterocycles. The maximum atomic E-state index is 12.6. The smallest absolute Gasteiger partial charge is 0.756 e. The van der Waals surface area contributed by atoms with E-state index < -0.39 is 51.1 Å². The molecule has 0 aliphatic rings. The van der Waals surface area contributed by atoms with Crippen molar-refractivity contribution in [3.05, 3.63) is 12.2 Å². The molecule has 300 valence electrons. The van der Waals surface area contributed by atoms with Crippen LogP contribution in [0.15, 0.2) is 12.2 Å². The van der Waals surface area contributed by atoms with E-state index in [1.165, 1.54) is 89.9 Å². The van der Waals surface area contributed by atoms with Crippen molar-refractivity contribution in [2.45, 2.75) is 199 Å². The Hall–Kier alpha value is -0.780. The van der Waals surface area contributed by atoms with Crippen LogP contribution < -0.4 is 45.3 Å². The summed E-state index contributed by atoms with van der Waals surface area (Å²) < 4.78 is 32.2. The van der Waals surface area contributed by atoms with Gasteiger partial charge in [-0.3, -0.25) is 14.2 Å². The number of hydrogen-bond donors (Lipinski definition) is 1. The summed E-state index contributed by atoms with van der Waals surface area (Å²) in [5.41, 5.74) is 3.23. The fourth-order valence-corrected chi connectivity index (χ4v) is 6.32. The van der Waals surface area contributed by atoms with E-state index in [0.29, 0.717) is 12.8 Å². The number of carboxylic acids is 1. The van der Waals surface area contributed by atoms with Gasteiger partial charge in [-0.1, -0.05) is 148 Å². The Balaban J connectivity index is 0. The third kappa shape index (κ3) is 37.5. The van der Waals surface area contributed by atoms with Crippen molar-refractivity contribution in [2.75, 3.05) is 19.8 Å². The molecule has 2 unspecified atom stereocenters. The van der Waals surface area contributed by atoms with Crippen molar-refractivity contribution in [3.63, 3.8) is 0 Å². The van der Waals surface area contributed by atoms with Crippen molar-refractivity contribution in [1.82, 2.24) is 0 Å². The summed E-state index contributed by atoms with van der Waals surface area (Å²) in [5, 5.41) is 10.8. The third-order valence-corrected chi connectivity index (χ3v) is 9.72. The number of phosphoric acid groups is 1. The van der Waals surface area contributed by atoms with E-state index in [0.717, 1.165) is 57.8 Å². The van der Waals surface area contributed by atoms with E-state index in [4.69, 9.17) is 14.0 Å². The van der Waals surface area contributed by atoms with Gasteiger partial charge in [-0.25, -0.2) is 0 Å². The van der Waals surface area contributed by atoms with E-state index in [2.05, 4.69) is 36.3 Å². The standard InChI is InChI=1S/C39H74NO10P.Na/c1-3-5-7-9-11-13-15-17-18-19-21-23-25-27-29-31-38(42)50-35(33-48-51(45,46)49-34-36(40)39(43)44)32-47-37(41)30-28-26-24-22-20-16-14-12-10-8-6-4-2;/h17-18,35-36H,3-16,19-34,40H2,1-2H3,(H,43,44)(H,45,46);/q;+1/p-1/b18-17-;/t35-,36?;/m1./s1. The minimum Gasteiger partial charge on any atom is -0.756 e. The normalized spacial score (nSPS) is 13.7. The van der Waals surface area contributed by atoms with Crippen LogP contribution in [0.1, 0.15) is 187 Å². The van der Waals surface area contributed by atoms with Crippen LogP contribution in [-0.4, -0.2) is 49.9 Å². The fourth-order valence-electron chi connectivity index (χ4n) is 5.53. The molecule has 0 amide bonds. The summed E-state index contributed by atoms with van der Waals surface area (Å²) in [6, 6.07) is -1.42. The number of esters is 2. The van der Waals surface area contributed by atoms with Crippen LogP contribution in [0.3, 0.4) is 0 Å². The Labute approximate surface area is 338 Å². The van der Waals surface area contributed by atoms with E-state index >= 15 is 0 Å². The summed E-state index contributed by atoms with van der Waals surface area (Å²) >= 11 is 0. The van der Waals surface area contributed by atoms with Gasteiger partial charge in [-0.05, 0) is 38.5 Å². The Kier molecular flexibility index (Phi) is 39.5. The second kappa shape index (κ2) is 38.5. The molecule has 0 aliphatic carbocycles. The number of unbranched alkanes of at least 4 members (excludes halogenated alkanes) is 22. The number of carbonyl (C=O) groups is 3. The average molecular weight is 770 g/mol. The summed E-state index contributed by atoms with van der Waals surface area (Å²) in [7, 11) is -4.94. The SMILES string of the molecule is CCCCCCCC/C=C\CCCCCCCC(=O)O[C@H](COC(=O)CCCCCCCCCCCCCC)COP(=O)([O-])OCC([NH3+])C(=O)[O-].[Na+]. The molecule has 0 aromatic heterocycles. The summed E-state index contributed by atoms with van der Waals surface area (Å²) in [5.74, 6) is -2.58. The van der Waals surface area contributed by atoms with Crippen LogP contribution in [0.4, 0.5) is 0 Å². The molecule has 11 nitrogen and oxygen atoms in total. The topological polar surface area (TPSA) is 179 Å². The number of rotatable bonds is 38. The quantitative estimate of drug-likeness (QED) is 0.0311. The van der Waals surface area contributed by atoms with Crippen molar-refractivity contribution in [1.29, 1.82) is 0 Å². The molecule has 0 saturated carbocycles. The monoisotopic (exact) mass is 769 g/mol. The number of phosphoric ester groups is 1. The van der Waals surface area contributed by atoms with E-state index in [-0.39, 0.29) is 49.0 Å². The summed E-state index contributed by atoms with van der Waals surface area (Å²) in [6.45, 7) is 2.68. The first kappa shape index (κ1) is 53.3. The number of hydrogen-bond acceptors (Lipinski definition) is 10. The van der Waals surface area contributed by atoms with Gasteiger partial charge in [0.25, 0.3) is 7.82 Å². The minimum absolute atomic E-state index is 0. The van der Waals surface area contributed by atoms with Crippen molar-refractivity contribution in [3.8, 4) is 0 Å². The van der Waals surface area contributed by atoms with Crippen LogP contribution in [0.5, 0.6) is 0 Å². The molecule has 0 bridgehead atoms. The molecule has 0 aromatic carbocycles. The zero-order valence-corrected chi connectivity index (χ0v) is 36.2. The Morgan fingerprint density at radius 2 is 0.981 bits per heavy atom. The maximum Gasteiger partial charge on any atom is 1.00 e. The third-order valence-electron chi connectivity index (χ3n) is 8.79. The van der Waals surface area contributed by atoms with Gasteiger partial charge < -0.3 is 39.0 Å². The van der Waals surface area contributed by atoms with Crippen LogP contribution in [0.25, 0.3) is 0 Å². The molecule has 0 aromatic rings. The number of aliphatic carboxylic acids is 1. The summed E-state index contributed by atoms with van der Waals surface area (Å²) in [4.78, 5) is 47.9. The fraction of sp³-hybridized carbons (Fsp3) is 0.872. The largest absolute Gasteiger partial charge is 1.00 e. The number of ether oxygens (including phenoxy) is 2. The van der Waals surface area contributed by atoms with Gasteiger partial charge in [0.1, 0.15) is 25.2 Å². The van der Waals surface area contributed by atoms with Crippen molar-refractivity contribution in [2.24, 2.45) is 0 Å². The molecule has 52 heavy (non-hydrogen) atoms. The minimum atomic E-state index is -4.94. The Morgan fingerprint density at radius 1 is 0.596 bits per heavy atom. The van der Waals surface area contributed by atoms with Gasteiger partial charge in [0.05, 0.1) is 6.61 Å². The zero-order chi connectivity index (χ0) is 37.8. The van der Waals surface area contributed by atoms with E-state index in [1.807, 2.05) is 0 Å². The Bertz CT molecular complexity index is 939. The van der Waals surface area contributed by atoms with Gasteiger partial charge >= 0.3 is 41.5 Å². The molecule has 0 heterocycles. The molecular formula is C39H73NNaO10P. The van der Waals surface area contributed by atoms with Gasteiger partial charge in [-0.2, -0.15) is 0 Å². The first-order valence-electron chi connectivity index (χ1n) is 20.2. The zero-order valence-electron chi connectivity index (χ0n) is 33.3. The van der Waals surface area contributed by atoms with E-state index in [1.54, 1.807) is 0 Å². The molecule has 13 heteroatoms. The van der Waals surface area contributed by atoms with Gasteiger partial charge in [-0.15, -0.1) is 0 Å². The predicted octanol–water partition coefficient (Wildman–Crippen LogP) is 4.44. The molecule has 3 atom stereocenters. The first-order valence-corrected chi connectivity index (χ1v) is 21.7. The molecule has 0 aliphatic heterocycles.